The van der Waals surface area contributed by atoms with Gasteiger partial charge in [-0.05, 0) is 54.1 Å². The molecule has 7 rings (SSSR count). The number of hydrogen-bond donors (Lipinski definition) is 5. The van der Waals surface area contributed by atoms with E-state index in [1.165, 1.54) is 6.92 Å². The Morgan fingerprint density at radius 1 is 1.09 bits per heavy atom. The summed E-state index contributed by atoms with van der Waals surface area (Å²) in [4.78, 5) is 61.0. The first-order chi connectivity index (χ1) is 27.2. The van der Waals surface area contributed by atoms with Gasteiger partial charge < -0.3 is 44.9 Å². The first-order valence-electron chi connectivity index (χ1n) is 19.4. The van der Waals surface area contributed by atoms with E-state index in [2.05, 4.69) is 45.9 Å². The number of ether oxygens (including phenoxy) is 3. The number of esters is 1. The predicted molar refractivity (Wildman–Crippen MR) is 216 cm³/mol. The number of nitrogens with zero attached hydrogens (tertiary/aromatic N) is 1. The molecule has 300 valence electrons. The van der Waals surface area contributed by atoms with Gasteiger partial charge in [0.1, 0.15) is 23.3 Å². The van der Waals surface area contributed by atoms with Gasteiger partial charge in [0.2, 0.25) is 11.8 Å². The fourth-order valence-corrected chi connectivity index (χ4v) is 8.30. The lowest BCUT2D eigenvalue weighted by molar-refractivity contribution is -0.131. The number of fused-ring (bicyclic) bond motifs is 5. The number of aromatic amines is 1. The highest BCUT2D eigenvalue weighted by Gasteiger charge is 2.59. The standard InChI is InChI=1S/C42H50N6O8Si/c1-24(2)33-39-48-35(38(51)43-19-18-26-23-44-34-28(26)13-11-17-32(34)54-25(3)49)36(56-39)42-22-27(55-40(42)45-30-15-10-8-14-29(30)42)12-7-9-16-31(37(50)47-33)46-41(52)53-20-21-57(4,5)6/h7-15,17,23-24,31,33,40,44-45H,16,18-22H2,1-6H3,(H,43,51)(H,46,52)(H,47,50)/b9-7+,27-12+/t31-,33-,40-,42-/m0/s1. The van der Waals surface area contributed by atoms with Crippen molar-refractivity contribution in [3.63, 3.8) is 0 Å². The van der Waals surface area contributed by atoms with E-state index in [-0.39, 0.29) is 37.1 Å². The molecular weight excluding hydrogens is 745 g/mol. The van der Waals surface area contributed by atoms with Gasteiger partial charge in [-0.2, -0.15) is 0 Å². The van der Waals surface area contributed by atoms with E-state index >= 15 is 0 Å². The molecule has 4 bridgehead atoms. The summed E-state index contributed by atoms with van der Waals surface area (Å²) in [5.41, 5.74) is 2.50. The van der Waals surface area contributed by atoms with E-state index in [4.69, 9.17) is 23.6 Å². The number of alkyl carbamates (subject to hydrolysis) is 1. The van der Waals surface area contributed by atoms with E-state index in [0.29, 0.717) is 35.6 Å². The highest BCUT2D eigenvalue weighted by Crippen LogP contribution is 2.56. The van der Waals surface area contributed by atoms with Gasteiger partial charge in [-0.1, -0.05) is 76.0 Å². The van der Waals surface area contributed by atoms with Crippen molar-refractivity contribution in [2.45, 2.75) is 89.4 Å². The maximum atomic E-state index is 14.4. The van der Waals surface area contributed by atoms with Crippen LogP contribution < -0.4 is 26.0 Å². The fraction of sp³-hybridized carbons (Fsp3) is 0.405. The SMILES string of the molecule is CC(=O)Oc1cccc2c(CCNC(=O)c3nc4oc3[C@@]35C/C(=C\C=C\C[C@H](NC(=O)OCC[Si](C)(C)C)C(=O)N[C@H]4C(C)C)O[C@@H]3Nc3ccccc35)c[nH]c12. The molecule has 1 spiro atoms. The van der Waals surface area contributed by atoms with Crippen molar-refractivity contribution >= 4 is 48.5 Å². The molecule has 4 atom stereocenters. The third kappa shape index (κ3) is 8.20. The Morgan fingerprint density at radius 2 is 1.89 bits per heavy atom. The maximum absolute atomic E-state index is 14.4. The number of para-hydroxylation sites is 2. The van der Waals surface area contributed by atoms with Crippen molar-refractivity contribution in [2.24, 2.45) is 5.92 Å². The highest BCUT2D eigenvalue weighted by atomic mass is 28.3. The van der Waals surface area contributed by atoms with Gasteiger partial charge in [-0.15, -0.1) is 0 Å². The van der Waals surface area contributed by atoms with Crippen LogP contribution in [0.4, 0.5) is 10.5 Å². The van der Waals surface area contributed by atoms with Gasteiger partial charge >= 0.3 is 12.1 Å². The van der Waals surface area contributed by atoms with Gasteiger partial charge in [-0.3, -0.25) is 14.4 Å². The summed E-state index contributed by atoms with van der Waals surface area (Å²) in [5.74, 6) is 0.0151. The Balaban J connectivity index is 1.22. The van der Waals surface area contributed by atoms with Crippen molar-refractivity contribution in [3.8, 4) is 5.75 Å². The zero-order valence-corrected chi connectivity index (χ0v) is 34.1. The summed E-state index contributed by atoms with van der Waals surface area (Å²) in [6, 6.07) is 12.4. The van der Waals surface area contributed by atoms with Crippen LogP contribution in [-0.2, 0) is 30.9 Å². The highest BCUT2D eigenvalue weighted by molar-refractivity contribution is 6.76. The van der Waals surface area contributed by atoms with Crippen LogP contribution >= 0.6 is 0 Å². The van der Waals surface area contributed by atoms with Crippen molar-refractivity contribution in [1.82, 2.24) is 25.9 Å². The molecule has 2 aromatic carbocycles. The van der Waals surface area contributed by atoms with Crippen LogP contribution in [0.25, 0.3) is 10.9 Å². The van der Waals surface area contributed by atoms with Crippen molar-refractivity contribution in [3.05, 3.63) is 101 Å². The van der Waals surface area contributed by atoms with Gasteiger partial charge in [0.15, 0.2) is 23.4 Å². The van der Waals surface area contributed by atoms with Crippen LogP contribution in [0.1, 0.15) is 72.9 Å². The fourth-order valence-electron chi connectivity index (χ4n) is 7.58. The molecule has 2 aromatic heterocycles. The molecular formula is C42H50N6O8Si. The summed E-state index contributed by atoms with van der Waals surface area (Å²) in [6.07, 6.45) is 7.02. The molecule has 4 aromatic rings. The molecule has 1 fully saturated rings. The quantitative estimate of drug-likeness (QED) is 0.0666. The summed E-state index contributed by atoms with van der Waals surface area (Å²) in [7, 11) is -1.44. The van der Waals surface area contributed by atoms with Crippen LogP contribution in [0.5, 0.6) is 5.75 Å². The lowest BCUT2D eigenvalue weighted by Gasteiger charge is -2.26. The summed E-state index contributed by atoms with van der Waals surface area (Å²) < 4.78 is 24.1. The number of nitrogens with one attached hydrogen (secondary N) is 5. The number of carbonyl (C=O) groups is 4. The van der Waals surface area contributed by atoms with E-state index < -0.39 is 55.7 Å². The van der Waals surface area contributed by atoms with Crippen LogP contribution in [0.2, 0.25) is 25.7 Å². The molecule has 0 saturated carbocycles. The molecule has 3 aliphatic rings. The zero-order valence-electron chi connectivity index (χ0n) is 33.1. The number of allylic oxidation sites excluding steroid dienone is 3. The molecule has 57 heavy (non-hydrogen) atoms. The van der Waals surface area contributed by atoms with Gasteiger partial charge in [-0.25, -0.2) is 9.78 Å². The molecule has 0 unspecified atom stereocenters. The summed E-state index contributed by atoms with van der Waals surface area (Å²) >= 11 is 0. The first kappa shape index (κ1) is 39.4. The number of anilines is 1. The summed E-state index contributed by atoms with van der Waals surface area (Å²) in [5, 5.41) is 13.2. The predicted octanol–water partition coefficient (Wildman–Crippen LogP) is 6.60. The molecule has 5 N–H and O–H groups in total. The minimum atomic E-state index is -1.44. The molecule has 5 heterocycles. The van der Waals surface area contributed by atoms with E-state index in [1.54, 1.807) is 12.1 Å². The Kier molecular flexibility index (Phi) is 11.0. The van der Waals surface area contributed by atoms with Crippen LogP contribution in [0.3, 0.4) is 0 Å². The molecule has 0 radical (unpaired) electrons. The van der Waals surface area contributed by atoms with E-state index in [9.17, 15) is 19.2 Å². The second-order valence-electron chi connectivity index (χ2n) is 16.3. The lowest BCUT2D eigenvalue weighted by atomic mass is 9.76. The monoisotopic (exact) mass is 794 g/mol. The minimum absolute atomic E-state index is 0.0837. The van der Waals surface area contributed by atoms with Crippen molar-refractivity contribution in [2.75, 3.05) is 18.5 Å². The Morgan fingerprint density at radius 3 is 2.67 bits per heavy atom. The van der Waals surface area contributed by atoms with Gasteiger partial charge in [0.25, 0.3) is 5.91 Å². The number of oxazole rings is 1. The van der Waals surface area contributed by atoms with Gasteiger partial charge in [0.05, 0.1) is 12.1 Å². The number of aromatic nitrogens is 2. The number of amides is 3. The van der Waals surface area contributed by atoms with E-state index in [0.717, 1.165) is 28.2 Å². The normalized spacial score (nSPS) is 22.8. The number of carbonyl (C=O) groups excluding carboxylic acids is 4. The smallest absolute Gasteiger partial charge is 0.407 e. The topological polar surface area (TPSA) is 186 Å². The average molecular weight is 795 g/mol. The minimum Gasteiger partial charge on any atom is -0.474 e. The molecule has 15 heteroatoms. The number of H-pyrrole nitrogens is 1. The zero-order chi connectivity index (χ0) is 40.5. The number of hydrogen-bond acceptors (Lipinski definition) is 10. The molecule has 0 aliphatic carbocycles. The first-order valence-corrected chi connectivity index (χ1v) is 23.1. The Labute approximate surface area is 332 Å². The van der Waals surface area contributed by atoms with Crippen LogP contribution in [0, 0.1) is 5.92 Å². The Bertz CT molecular complexity index is 2250. The maximum Gasteiger partial charge on any atom is 0.407 e. The second-order valence-corrected chi connectivity index (χ2v) is 21.9. The number of benzene rings is 2. The van der Waals surface area contributed by atoms with Crippen molar-refractivity contribution < 1.29 is 37.8 Å². The second kappa shape index (κ2) is 16.0. The third-order valence-corrected chi connectivity index (χ3v) is 12.2. The molecule has 14 nitrogen and oxygen atoms in total. The Hall–Kier alpha value is -5.83. The molecule has 3 aliphatic heterocycles. The average Bonchev–Trinajstić information content (AvgIpc) is 3.92. The van der Waals surface area contributed by atoms with Gasteiger partial charge in [0, 0.05) is 45.2 Å². The van der Waals surface area contributed by atoms with Crippen molar-refractivity contribution in [1.29, 1.82) is 0 Å². The molecule has 1 saturated heterocycles. The van der Waals surface area contributed by atoms with Crippen LogP contribution in [0.15, 0.2) is 77.1 Å². The molecule has 3 amide bonds. The third-order valence-electron chi connectivity index (χ3n) is 10.5. The lowest BCUT2D eigenvalue weighted by Crippen LogP contribution is -2.48. The van der Waals surface area contributed by atoms with Crippen LogP contribution in [-0.4, -0.2) is 67.3 Å². The largest absolute Gasteiger partial charge is 0.474 e. The number of rotatable bonds is 10. The summed E-state index contributed by atoms with van der Waals surface area (Å²) in [6.45, 7) is 12.3. The van der Waals surface area contributed by atoms with E-state index in [1.807, 2.05) is 68.6 Å².